The second-order valence-corrected chi connectivity index (χ2v) is 6.27. The molecule has 0 atom stereocenters. The molecule has 1 amide bonds. The molecule has 0 saturated carbocycles. The van der Waals surface area contributed by atoms with E-state index in [1.807, 2.05) is 0 Å². The number of carbonyl (C=O) groups excluding carboxylic acids is 1. The van der Waals surface area contributed by atoms with Gasteiger partial charge in [-0.2, -0.15) is 0 Å². The number of pyridine rings is 1. The van der Waals surface area contributed by atoms with Crippen molar-refractivity contribution in [3.8, 4) is 17.2 Å². The van der Waals surface area contributed by atoms with E-state index in [9.17, 15) is 9.18 Å². The van der Waals surface area contributed by atoms with Gasteiger partial charge in [0.25, 0.3) is 0 Å². The minimum Gasteiger partial charge on any atom is -0.420 e. The van der Waals surface area contributed by atoms with Crippen molar-refractivity contribution in [3.63, 3.8) is 0 Å². The molecule has 138 valence electrons. The Bertz CT molecular complexity index is 923. The largest absolute Gasteiger partial charge is 0.420 e. The number of piperidine rings is 1. The molecular formula is C19H17FN4O3. The van der Waals surface area contributed by atoms with Crippen LogP contribution in [-0.2, 0) is 0 Å². The zero-order valence-electron chi connectivity index (χ0n) is 14.4. The van der Waals surface area contributed by atoms with E-state index in [4.69, 9.17) is 9.15 Å². The molecule has 0 bridgehead atoms. The number of nitrogens with zero attached hydrogens (tertiary/aromatic N) is 4. The first-order chi connectivity index (χ1) is 13.2. The Labute approximate surface area is 154 Å². The number of halogens is 1. The fourth-order valence-corrected chi connectivity index (χ4v) is 3.02. The summed E-state index contributed by atoms with van der Waals surface area (Å²) < 4.78 is 24.4. The van der Waals surface area contributed by atoms with Gasteiger partial charge < -0.3 is 14.1 Å². The molecule has 1 saturated heterocycles. The third kappa shape index (κ3) is 3.94. The van der Waals surface area contributed by atoms with Crippen molar-refractivity contribution in [2.24, 2.45) is 0 Å². The molecule has 0 N–H and O–H groups in total. The predicted molar refractivity (Wildman–Crippen MR) is 93.5 cm³/mol. The number of carbonyl (C=O) groups is 1. The van der Waals surface area contributed by atoms with E-state index in [0.29, 0.717) is 49.0 Å². The molecule has 1 fully saturated rings. The normalized spacial score (nSPS) is 14.9. The molecule has 1 aromatic carbocycles. The highest BCUT2D eigenvalue weighted by Gasteiger charge is 2.28. The molecule has 1 aliphatic rings. The summed E-state index contributed by atoms with van der Waals surface area (Å²) in [5.41, 5.74) is 0.547. The Kier molecular flexibility index (Phi) is 4.78. The summed E-state index contributed by atoms with van der Waals surface area (Å²) in [6.45, 7) is 1.06. The SMILES string of the molecule is O=C(Oc1cccnc1)N1CCC(c2nnc(-c3cccc(F)c3)o2)CC1. The number of aromatic nitrogens is 3. The van der Waals surface area contributed by atoms with Crippen LogP contribution in [0.15, 0.2) is 53.2 Å². The lowest BCUT2D eigenvalue weighted by Gasteiger charge is -2.29. The van der Waals surface area contributed by atoms with Crippen LogP contribution < -0.4 is 4.74 Å². The van der Waals surface area contributed by atoms with Crippen molar-refractivity contribution < 1.29 is 18.3 Å². The first-order valence-corrected chi connectivity index (χ1v) is 8.65. The number of likely N-dealkylation sites (tertiary alicyclic amines) is 1. The molecule has 0 radical (unpaired) electrons. The van der Waals surface area contributed by atoms with Crippen molar-refractivity contribution in [2.75, 3.05) is 13.1 Å². The second-order valence-electron chi connectivity index (χ2n) is 6.27. The van der Waals surface area contributed by atoms with Gasteiger partial charge in [0.2, 0.25) is 11.8 Å². The van der Waals surface area contributed by atoms with Crippen LogP contribution in [0.25, 0.3) is 11.5 Å². The predicted octanol–water partition coefficient (Wildman–Crippen LogP) is 3.65. The van der Waals surface area contributed by atoms with Crippen LogP contribution in [0.4, 0.5) is 9.18 Å². The monoisotopic (exact) mass is 368 g/mol. The highest BCUT2D eigenvalue weighted by molar-refractivity contribution is 5.70. The fourth-order valence-electron chi connectivity index (χ4n) is 3.02. The number of hydrogen-bond acceptors (Lipinski definition) is 6. The van der Waals surface area contributed by atoms with Crippen molar-refractivity contribution in [2.45, 2.75) is 18.8 Å². The zero-order chi connectivity index (χ0) is 18.6. The second kappa shape index (κ2) is 7.53. The van der Waals surface area contributed by atoms with Crippen molar-refractivity contribution in [3.05, 3.63) is 60.5 Å². The summed E-state index contributed by atoms with van der Waals surface area (Å²) in [7, 11) is 0. The lowest BCUT2D eigenvalue weighted by Crippen LogP contribution is -2.39. The number of ether oxygens (including phenoxy) is 1. The van der Waals surface area contributed by atoms with E-state index in [0.717, 1.165) is 0 Å². The van der Waals surface area contributed by atoms with Gasteiger partial charge in [-0.3, -0.25) is 4.98 Å². The molecule has 3 aromatic rings. The molecule has 1 aliphatic heterocycles. The van der Waals surface area contributed by atoms with Crippen LogP contribution in [0.1, 0.15) is 24.7 Å². The molecule has 8 heteroatoms. The minimum atomic E-state index is -0.396. The highest BCUT2D eigenvalue weighted by Crippen LogP contribution is 2.29. The Morgan fingerprint density at radius 1 is 1.19 bits per heavy atom. The van der Waals surface area contributed by atoms with Gasteiger partial charge in [-0.25, -0.2) is 9.18 Å². The summed E-state index contributed by atoms with van der Waals surface area (Å²) in [4.78, 5) is 17.8. The molecule has 0 aliphatic carbocycles. The number of rotatable bonds is 3. The van der Waals surface area contributed by atoms with E-state index in [2.05, 4.69) is 15.2 Å². The molecule has 27 heavy (non-hydrogen) atoms. The Morgan fingerprint density at radius 3 is 2.78 bits per heavy atom. The Morgan fingerprint density at radius 2 is 2.04 bits per heavy atom. The van der Waals surface area contributed by atoms with Crippen molar-refractivity contribution >= 4 is 6.09 Å². The first kappa shape index (κ1) is 17.1. The van der Waals surface area contributed by atoms with Gasteiger partial charge in [0.15, 0.2) is 5.75 Å². The maximum atomic E-state index is 13.3. The average molecular weight is 368 g/mol. The van der Waals surface area contributed by atoms with E-state index in [1.54, 1.807) is 35.4 Å². The number of amides is 1. The minimum absolute atomic E-state index is 0.0576. The molecule has 3 heterocycles. The van der Waals surface area contributed by atoms with Gasteiger partial charge in [0, 0.05) is 30.8 Å². The van der Waals surface area contributed by atoms with E-state index in [1.165, 1.54) is 18.3 Å². The maximum Gasteiger partial charge on any atom is 0.415 e. The molecular weight excluding hydrogens is 351 g/mol. The lowest BCUT2D eigenvalue weighted by atomic mass is 9.97. The van der Waals surface area contributed by atoms with Crippen LogP contribution in [0, 0.1) is 5.82 Å². The van der Waals surface area contributed by atoms with Gasteiger partial charge in [-0.15, -0.1) is 10.2 Å². The van der Waals surface area contributed by atoms with Gasteiger partial charge in [-0.1, -0.05) is 6.07 Å². The van der Waals surface area contributed by atoms with Crippen LogP contribution >= 0.6 is 0 Å². The molecule has 7 nitrogen and oxygen atoms in total. The standard InChI is InChI=1S/C19H17FN4O3/c20-15-4-1-3-14(11-15)18-23-22-17(27-18)13-6-9-24(10-7-13)19(25)26-16-5-2-8-21-12-16/h1-5,8,11-13H,6-7,9-10H2. The lowest BCUT2D eigenvalue weighted by molar-refractivity contribution is 0.136. The summed E-state index contributed by atoms with van der Waals surface area (Å²) in [5.74, 6) is 0.925. The molecule has 0 spiro atoms. The Balaban J connectivity index is 1.36. The van der Waals surface area contributed by atoms with Crippen LogP contribution in [0.5, 0.6) is 5.75 Å². The number of hydrogen-bond donors (Lipinski definition) is 0. The van der Waals surface area contributed by atoms with E-state index >= 15 is 0 Å². The number of benzene rings is 1. The third-order valence-electron chi connectivity index (χ3n) is 4.45. The Hall–Kier alpha value is -3.29. The fraction of sp³-hybridized carbons (Fsp3) is 0.263. The first-order valence-electron chi connectivity index (χ1n) is 8.65. The topological polar surface area (TPSA) is 81.4 Å². The summed E-state index contributed by atoms with van der Waals surface area (Å²) in [6, 6.07) is 9.43. The van der Waals surface area contributed by atoms with Crippen LogP contribution in [0.2, 0.25) is 0 Å². The smallest absolute Gasteiger partial charge is 0.415 e. The van der Waals surface area contributed by atoms with Gasteiger partial charge in [-0.05, 0) is 43.2 Å². The van der Waals surface area contributed by atoms with Crippen molar-refractivity contribution in [1.29, 1.82) is 0 Å². The quantitative estimate of drug-likeness (QED) is 0.702. The van der Waals surface area contributed by atoms with Crippen LogP contribution in [-0.4, -0.2) is 39.3 Å². The third-order valence-corrected chi connectivity index (χ3v) is 4.45. The average Bonchev–Trinajstić information content (AvgIpc) is 3.19. The zero-order valence-corrected chi connectivity index (χ0v) is 14.4. The van der Waals surface area contributed by atoms with Gasteiger partial charge in [0.05, 0.1) is 6.20 Å². The van der Waals surface area contributed by atoms with E-state index < -0.39 is 6.09 Å². The molecule has 4 rings (SSSR count). The van der Waals surface area contributed by atoms with Gasteiger partial charge >= 0.3 is 6.09 Å². The van der Waals surface area contributed by atoms with Crippen molar-refractivity contribution in [1.82, 2.24) is 20.1 Å². The maximum absolute atomic E-state index is 13.3. The van der Waals surface area contributed by atoms with Gasteiger partial charge in [0.1, 0.15) is 5.82 Å². The van der Waals surface area contributed by atoms with Crippen LogP contribution in [0.3, 0.4) is 0 Å². The molecule has 2 aromatic heterocycles. The van der Waals surface area contributed by atoms with E-state index in [-0.39, 0.29) is 11.7 Å². The highest BCUT2D eigenvalue weighted by atomic mass is 19.1. The summed E-state index contributed by atoms with van der Waals surface area (Å²) in [6.07, 6.45) is 4.09. The molecule has 0 unspecified atom stereocenters. The summed E-state index contributed by atoms with van der Waals surface area (Å²) in [5, 5.41) is 8.12. The summed E-state index contributed by atoms with van der Waals surface area (Å²) >= 11 is 0.